The number of rotatable bonds is 4. The van der Waals surface area contributed by atoms with E-state index in [0.29, 0.717) is 6.61 Å². The molecule has 0 aromatic rings. The minimum Gasteiger partial charge on any atom is -0.394 e. The summed E-state index contributed by atoms with van der Waals surface area (Å²) in [5.41, 5.74) is -0.0873. The zero-order chi connectivity index (χ0) is 9.03. The first kappa shape index (κ1) is 9.96. The van der Waals surface area contributed by atoms with Crippen molar-refractivity contribution >= 4 is 0 Å². The molecule has 0 amide bonds. The number of aliphatic hydroxyl groups excluding tert-OH is 1. The first-order valence-corrected chi connectivity index (χ1v) is 4.65. The van der Waals surface area contributed by atoms with E-state index >= 15 is 0 Å². The number of aliphatic hydroxyl groups is 1. The minimum absolute atomic E-state index is 0.0873. The molecule has 1 saturated heterocycles. The lowest BCUT2D eigenvalue weighted by Gasteiger charge is -2.33. The van der Waals surface area contributed by atoms with Gasteiger partial charge in [0.05, 0.1) is 18.8 Å². The zero-order valence-electron chi connectivity index (χ0n) is 8.05. The molecule has 12 heavy (non-hydrogen) atoms. The minimum atomic E-state index is -0.0873. The third kappa shape index (κ3) is 1.79. The van der Waals surface area contributed by atoms with Crippen LogP contribution >= 0.6 is 0 Å². The van der Waals surface area contributed by atoms with Crippen LogP contribution < -0.4 is 0 Å². The summed E-state index contributed by atoms with van der Waals surface area (Å²) in [4.78, 5) is 2.21. The van der Waals surface area contributed by atoms with Crippen molar-refractivity contribution in [1.82, 2.24) is 4.90 Å². The SMILES string of the molecule is CCOCC1(CO)CCCN1C. The fourth-order valence-electron chi connectivity index (χ4n) is 1.79. The van der Waals surface area contributed by atoms with Crippen molar-refractivity contribution in [3.05, 3.63) is 0 Å². The number of hydrogen-bond acceptors (Lipinski definition) is 3. The number of nitrogens with zero attached hydrogens (tertiary/aromatic N) is 1. The largest absolute Gasteiger partial charge is 0.394 e. The van der Waals surface area contributed by atoms with Gasteiger partial charge >= 0.3 is 0 Å². The fourth-order valence-corrected chi connectivity index (χ4v) is 1.79. The van der Waals surface area contributed by atoms with Crippen molar-refractivity contribution in [2.75, 3.05) is 33.4 Å². The van der Waals surface area contributed by atoms with E-state index in [2.05, 4.69) is 11.9 Å². The monoisotopic (exact) mass is 173 g/mol. The van der Waals surface area contributed by atoms with Crippen LogP contribution in [0.5, 0.6) is 0 Å². The van der Waals surface area contributed by atoms with E-state index in [1.165, 1.54) is 6.42 Å². The number of likely N-dealkylation sites (N-methyl/N-ethyl adjacent to an activating group) is 1. The molecule has 1 unspecified atom stereocenters. The molecule has 0 bridgehead atoms. The molecule has 0 aliphatic carbocycles. The van der Waals surface area contributed by atoms with Crippen LogP contribution in [0.3, 0.4) is 0 Å². The maximum absolute atomic E-state index is 9.29. The quantitative estimate of drug-likeness (QED) is 0.671. The van der Waals surface area contributed by atoms with Gasteiger partial charge in [-0.1, -0.05) is 0 Å². The Kier molecular flexibility index (Phi) is 3.50. The average Bonchev–Trinajstić information content (AvgIpc) is 2.45. The topological polar surface area (TPSA) is 32.7 Å². The number of hydrogen-bond donors (Lipinski definition) is 1. The van der Waals surface area contributed by atoms with Crippen LogP contribution in [-0.2, 0) is 4.74 Å². The Morgan fingerprint density at radius 3 is 2.75 bits per heavy atom. The maximum Gasteiger partial charge on any atom is 0.0673 e. The zero-order valence-corrected chi connectivity index (χ0v) is 8.05. The average molecular weight is 173 g/mol. The van der Waals surface area contributed by atoms with Gasteiger partial charge in [-0.2, -0.15) is 0 Å². The van der Waals surface area contributed by atoms with Crippen LogP contribution in [0, 0.1) is 0 Å². The summed E-state index contributed by atoms with van der Waals surface area (Å²) in [6.45, 7) is 4.67. The molecule has 0 aromatic carbocycles. The first-order valence-electron chi connectivity index (χ1n) is 4.65. The third-order valence-electron chi connectivity index (χ3n) is 2.81. The number of ether oxygens (including phenoxy) is 1. The van der Waals surface area contributed by atoms with Gasteiger partial charge in [0.2, 0.25) is 0 Å². The molecule has 1 N–H and O–H groups in total. The third-order valence-corrected chi connectivity index (χ3v) is 2.81. The highest BCUT2D eigenvalue weighted by Gasteiger charge is 2.38. The summed E-state index contributed by atoms with van der Waals surface area (Å²) in [6, 6.07) is 0. The fraction of sp³-hybridized carbons (Fsp3) is 1.00. The van der Waals surface area contributed by atoms with Gasteiger partial charge in [0.25, 0.3) is 0 Å². The second-order valence-electron chi connectivity index (χ2n) is 3.54. The van der Waals surface area contributed by atoms with Gasteiger partial charge in [-0.15, -0.1) is 0 Å². The van der Waals surface area contributed by atoms with E-state index in [4.69, 9.17) is 4.74 Å². The highest BCUT2D eigenvalue weighted by atomic mass is 16.5. The Bertz CT molecular complexity index is 140. The summed E-state index contributed by atoms with van der Waals surface area (Å²) in [5, 5.41) is 9.29. The Morgan fingerprint density at radius 1 is 1.58 bits per heavy atom. The van der Waals surface area contributed by atoms with Crippen LogP contribution in [0.4, 0.5) is 0 Å². The molecular formula is C9H19NO2. The van der Waals surface area contributed by atoms with E-state index in [1.807, 2.05) is 6.92 Å². The van der Waals surface area contributed by atoms with E-state index in [0.717, 1.165) is 19.6 Å². The molecule has 1 rings (SSSR count). The van der Waals surface area contributed by atoms with Gasteiger partial charge in [0.1, 0.15) is 0 Å². The lowest BCUT2D eigenvalue weighted by molar-refractivity contribution is -0.00399. The van der Waals surface area contributed by atoms with Gasteiger partial charge in [-0.3, -0.25) is 4.90 Å². The lowest BCUT2D eigenvalue weighted by Crippen LogP contribution is -2.48. The second kappa shape index (κ2) is 4.21. The van der Waals surface area contributed by atoms with Gasteiger partial charge in [0.15, 0.2) is 0 Å². The van der Waals surface area contributed by atoms with Crippen molar-refractivity contribution in [2.24, 2.45) is 0 Å². The maximum atomic E-state index is 9.29. The van der Waals surface area contributed by atoms with Crippen molar-refractivity contribution < 1.29 is 9.84 Å². The molecule has 0 radical (unpaired) electrons. The van der Waals surface area contributed by atoms with Crippen LogP contribution in [0.15, 0.2) is 0 Å². The highest BCUT2D eigenvalue weighted by molar-refractivity contribution is 4.93. The van der Waals surface area contributed by atoms with Crippen LogP contribution in [0.2, 0.25) is 0 Å². The predicted octanol–water partition coefficient (Wildman–Crippen LogP) is 0.480. The van der Waals surface area contributed by atoms with Gasteiger partial charge in [0, 0.05) is 6.61 Å². The van der Waals surface area contributed by atoms with Crippen LogP contribution in [-0.4, -0.2) is 49.0 Å². The van der Waals surface area contributed by atoms with Gasteiger partial charge < -0.3 is 9.84 Å². The van der Waals surface area contributed by atoms with E-state index in [9.17, 15) is 5.11 Å². The summed E-state index contributed by atoms with van der Waals surface area (Å²) >= 11 is 0. The summed E-state index contributed by atoms with van der Waals surface area (Å²) in [5.74, 6) is 0. The highest BCUT2D eigenvalue weighted by Crippen LogP contribution is 2.27. The molecule has 3 nitrogen and oxygen atoms in total. The molecule has 1 heterocycles. The van der Waals surface area contributed by atoms with E-state index in [1.54, 1.807) is 0 Å². The molecule has 0 spiro atoms. The van der Waals surface area contributed by atoms with Gasteiger partial charge in [-0.05, 0) is 33.4 Å². The summed E-state index contributed by atoms with van der Waals surface area (Å²) in [6.07, 6.45) is 2.23. The molecule has 72 valence electrons. The number of likely N-dealkylation sites (tertiary alicyclic amines) is 1. The predicted molar refractivity (Wildman–Crippen MR) is 48.2 cm³/mol. The smallest absolute Gasteiger partial charge is 0.0673 e. The Morgan fingerprint density at radius 2 is 2.33 bits per heavy atom. The van der Waals surface area contributed by atoms with Crippen molar-refractivity contribution in [3.8, 4) is 0 Å². The molecule has 3 heteroatoms. The second-order valence-corrected chi connectivity index (χ2v) is 3.54. The normalized spacial score (nSPS) is 31.2. The molecule has 1 aliphatic rings. The molecule has 1 fully saturated rings. The molecular weight excluding hydrogens is 154 g/mol. The van der Waals surface area contributed by atoms with Gasteiger partial charge in [-0.25, -0.2) is 0 Å². The Labute approximate surface area is 74.3 Å². The van der Waals surface area contributed by atoms with Crippen molar-refractivity contribution in [3.63, 3.8) is 0 Å². The van der Waals surface area contributed by atoms with E-state index < -0.39 is 0 Å². The Hall–Kier alpha value is -0.120. The van der Waals surface area contributed by atoms with Crippen LogP contribution in [0.1, 0.15) is 19.8 Å². The summed E-state index contributed by atoms with van der Waals surface area (Å²) in [7, 11) is 2.06. The molecule has 1 aliphatic heterocycles. The van der Waals surface area contributed by atoms with Crippen molar-refractivity contribution in [2.45, 2.75) is 25.3 Å². The van der Waals surface area contributed by atoms with Crippen LogP contribution in [0.25, 0.3) is 0 Å². The Balaban J connectivity index is 2.49. The molecule has 0 aromatic heterocycles. The van der Waals surface area contributed by atoms with E-state index in [-0.39, 0.29) is 12.1 Å². The summed E-state index contributed by atoms with van der Waals surface area (Å²) < 4.78 is 5.38. The van der Waals surface area contributed by atoms with Crippen molar-refractivity contribution in [1.29, 1.82) is 0 Å². The first-order chi connectivity index (χ1) is 5.75. The standard InChI is InChI=1S/C9H19NO2/c1-3-12-8-9(7-11)5-4-6-10(9)2/h11H,3-8H2,1-2H3. The molecule has 1 atom stereocenters. The lowest BCUT2D eigenvalue weighted by atomic mass is 9.99. The molecule has 0 saturated carbocycles.